The molecular weight excluding hydrogens is 488 g/mol. The molecule has 1 fully saturated rings. The molecule has 0 aromatic heterocycles. The molecule has 0 bridgehead atoms. The minimum absolute atomic E-state index is 0.0118. The maximum Gasteiger partial charge on any atom is 0.279 e. The van der Waals surface area contributed by atoms with Crippen LogP contribution in [0.4, 0.5) is 14.5 Å². The van der Waals surface area contributed by atoms with Crippen LogP contribution in [0.1, 0.15) is 68.6 Å². The SMILES string of the molecule is CNCC(c1cc2c(cc1C(F)F)[N+](=C(N)C1=C(NC3CCNCC3)CCN(C(C)=O)C1)CCC2)C(C)[NH3+]. The zero-order valence-corrected chi connectivity index (χ0v) is 23.1. The Morgan fingerprint density at radius 2 is 2.00 bits per heavy atom. The number of nitrogens with one attached hydrogen (secondary N) is 3. The second-order valence-electron chi connectivity index (χ2n) is 11.0. The van der Waals surface area contributed by atoms with Crippen LogP contribution in [-0.4, -0.2) is 79.6 Å². The van der Waals surface area contributed by atoms with Crippen molar-refractivity contribution in [2.24, 2.45) is 5.73 Å². The van der Waals surface area contributed by atoms with Gasteiger partial charge in [0.25, 0.3) is 12.3 Å². The molecule has 4 rings (SSSR count). The smallest absolute Gasteiger partial charge is 0.279 e. The fraction of sp³-hybridized carbons (Fsp3) is 0.643. The molecule has 1 aromatic rings. The van der Waals surface area contributed by atoms with Crippen molar-refractivity contribution in [3.63, 3.8) is 0 Å². The quantitative estimate of drug-likeness (QED) is 0.256. The van der Waals surface area contributed by atoms with Crippen molar-refractivity contribution in [3.05, 3.63) is 40.1 Å². The number of carbonyl (C=O) groups excluding carboxylic acids is 1. The summed E-state index contributed by atoms with van der Waals surface area (Å²) in [6.45, 7) is 7.79. The van der Waals surface area contributed by atoms with E-state index in [0.29, 0.717) is 50.0 Å². The van der Waals surface area contributed by atoms with Gasteiger partial charge in [0.05, 0.1) is 24.7 Å². The van der Waals surface area contributed by atoms with Gasteiger partial charge in [-0.3, -0.25) is 10.5 Å². The molecule has 1 saturated heterocycles. The Morgan fingerprint density at radius 3 is 2.63 bits per heavy atom. The summed E-state index contributed by atoms with van der Waals surface area (Å²) < 4.78 is 30.9. The van der Waals surface area contributed by atoms with Crippen molar-refractivity contribution in [2.45, 2.75) is 70.4 Å². The zero-order chi connectivity index (χ0) is 27.4. The summed E-state index contributed by atoms with van der Waals surface area (Å²) in [5.41, 5.74) is 15.5. The third-order valence-electron chi connectivity index (χ3n) is 8.26. The van der Waals surface area contributed by atoms with Gasteiger partial charge in [0, 0.05) is 49.7 Å². The number of fused-ring (bicyclic) bond motifs is 1. The molecule has 38 heavy (non-hydrogen) atoms. The topological polar surface area (TPSA) is 113 Å². The summed E-state index contributed by atoms with van der Waals surface area (Å²) in [5, 5.41) is 10.3. The van der Waals surface area contributed by atoms with E-state index in [1.807, 2.05) is 29.5 Å². The summed E-state index contributed by atoms with van der Waals surface area (Å²) in [7, 11) is 1.84. The third kappa shape index (κ3) is 6.18. The number of piperidine rings is 1. The summed E-state index contributed by atoms with van der Waals surface area (Å²) in [6.07, 6.45) is 1.84. The number of amides is 1. The average Bonchev–Trinajstić information content (AvgIpc) is 2.90. The van der Waals surface area contributed by atoms with Crippen molar-refractivity contribution in [3.8, 4) is 0 Å². The molecule has 1 amide bonds. The van der Waals surface area contributed by atoms with Gasteiger partial charge < -0.3 is 26.6 Å². The number of amidine groups is 1. The Balaban J connectivity index is 1.80. The molecule has 10 heteroatoms. The van der Waals surface area contributed by atoms with E-state index in [1.165, 1.54) is 0 Å². The minimum atomic E-state index is -2.60. The molecule has 3 aliphatic heterocycles. The number of benzene rings is 1. The van der Waals surface area contributed by atoms with E-state index >= 15 is 0 Å². The Morgan fingerprint density at radius 1 is 1.26 bits per heavy atom. The fourth-order valence-electron chi connectivity index (χ4n) is 6.07. The highest BCUT2D eigenvalue weighted by atomic mass is 19.3. The predicted octanol–water partition coefficient (Wildman–Crippen LogP) is 1.35. The number of nitrogens with two attached hydrogens (primary N) is 1. The first kappa shape index (κ1) is 28.4. The van der Waals surface area contributed by atoms with Gasteiger partial charge in [-0.25, -0.2) is 13.4 Å². The standard InChI is InChI=1S/C28H43F2N7O/c1-17(31)23(15-33-3)21-13-19-5-4-11-37(26(19)14-22(21)27(29)30)28(32)24-16-36(18(2)38)12-8-25(24)35-20-6-9-34-10-7-20/h13-14,17,20,23,27,33-34H,4-12,15-16,31H2,1-3H3,(H2,32,35)/p+2. The third-order valence-corrected chi connectivity index (χ3v) is 8.26. The number of nitrogens with zero attached hydrogens (tertiary/aromatic N) is 2. The van der Waals surface area contributed by atoms with Crippen molar-refractivity contribution in [1.29, 1.82) is 0 Å². The first-order valence-corrected chi connectivity index (χ1v) is 14.0. The van der Waals surface area contributed by atoms with Crippen LogP contribution in [0.15, 0.2) is 23.4 Å². The number of likely N-dealkylation sites (N-methyl/N-ethyl adjacent to an activating group) is 1. The molecule has 8 N–H and O–H groups in total. The van der Waals surface area contributed by atoms with Crippen molar-refractivity contribution in [2.75, 3.05) is 46.3 Å². The number of rotatable bonds is 8. The van der Waals surface area contributed by atoms with Gasteiger partial charge in [-0.2, -0.15) is 0 Å². The summed E-state index contributed by atoms with van der Waals surface area (Å²) in [4.78, 5) is 14.1. The zero-order valence-electron chi connectivity index (χ0n) is 23.1. The highest BCUT2D eigenvalue weighted by Crippen LogP contribution is 2.37. The molecule has 0 aliphatic carbocycles. The maximum absolute atomic E-state index is 14.4. The minimum Gasteiger partial charge on any atom is -0.385 e. The molecule has 0 spiro atoms. The Labute approximate surface area is 224 Å². The van der Waals surface area contributed by atoms with Gasteiger partial charge in [-0.15, -0.1) is 0 Å². The van der Waals surface area contributed by atoms with Crippen LogP contribution >= 0.6 is 0 Å². The molecule has 2 unspecified atom stereocenters. The van der Waals surface area contributed by atoms with Crippen LogP contribution < -0.4 is 27.4 Å². The van der Waals surface area contributed by atoms with E-state index in [4.69, 9.17) is 5.73 Å². The summed E-state index contributed by atoms with van der Waals surface area (Å²) >= 11 is 0. The summed E-state index contributed by atoms with van der Waals surface area (Å²) in [6, 6.07) is 3.94. The van der Waals surface area contributed by atoms with E-state index in [9.17, 15) is 13.6 Å². The van der Waals surface area contributed by atoms with Crippen LogP contribution in [0, 0.1) is 0 Å². The number of hydrogen-bond acceptors (Lipinski definition) is 4. The number of alkyl halides is 2. The van der Waals surface area contributed by atoms with Gasteiger partial charge in [0.1, 0.15) is 5.69 Å². The van der Waals surface area contributed by atoms with Gasteiger partial charge >= 0.3 is 0 Å². The lowest BCUT2D eigenvalue weighted by atomic mass is 9.85. The van der Waals surface area contributed by atoms with Crippen LogP contribution in [0.25, 0.3) is 0 Å². The van der Waals surface area contributed by atoms with E-state index < -0.39 is 6.43 Å². The molecule has 2 atom stereocenters. The Hall–Kier alpha value is -2.56. The van der Waals surface area contributed by atoms with Crippen LogP contribution in [0.2, 0.25) is 0 Å². The van der Waals surface area contributed by atoms with Crippen LogP contribution in [0.3, 0.4) is 0 Å². The molecular formula is C28H45F2N7O+2. The van der Waals surface area contributed by atoms with E-state index in [2.05, 4.69) is 21.7 Å². The van der Waals surface area contributed by atoms with Gasteiger partial charge in [-0.05, 0) is 69.9 Å². The molecule has 8 nitrogen and oxygen atoms in total. The number of hydrogen-bond donors (Lipinski definition) is 5. The lowest BCUT2D eigenvalue weighted by Crippen LogP contribution is -2.63. The Kier molecular flexibility index (Phi) is 9.38. The lowest BCUT2D eigenvalue weighted by Gasteiger charge is -2.33. The Bertz CT molecular complexity index is 1080. The molecule has 3 aliphatic rings. The van der Waals surface area contributed by atoms with E-state index in [-0.39, 0.29) is 23.4 Å². The number of halogens is 2. The average molecular weight is 534 g/mol. The summed E-state index contributed by atoms with van der Waals surface area (Å²) in [5.74, 6) is 0.452. The molecule has 210 valence electrons. The first-order valence-electron chi connectivity index (χ1n) is 14.0. The normalized spacial score (nSPS) is 21.8. The number of quaternary nitrogens is 1. The van der Waals surface area contributed by atoms with E-state index in [1.54, 1.807) is 13.0 Å². The monoisotopic (exact) mass is 533 g/mol. The first-order chi connectivity index (χ1) is 18.2. The van der Waals surface area contributed by atoms with Crippen molar-refractivity contribution >= 4 is 17.4 Å². The van der Waals surface area contributed by atoms with Crippen molar-refractivity contribution in [1.82, 2.24) is 20.9 Å². The van der Waals surface area contributed by atoms with E-state index in [0.717, 1.165) is 61.3 Å². The van der Waals surface area contributed by atoms with Gasteiger partial charge in [0.15, 0.2) is 0 Å². The predicted molar refractivity (Wildman–Crippen MR) is 146 cm³/mol. The second kappa shape index (κ2) is 12.5. The highest BCUT2D eigenvalue weighted by Gasteiger charge is 2.33. The largest absolute Gasteiger partial charge is 0.385 e. The second-order valence-corrected chi connectivity index (χ2v) is 11.0. The molecule has 0 saturated carbocycles. The highest BCUT2D eigenvalue weighted by molar-refractivity contribution is 5.96. The number of carbonyl (C=O) groups is 1. The van der Waals surface area contributed by atoms with Gasteiger partial charge in [0.2, 0.25) is 5.91 Å². The molecule has 0 radical (unpaired) electrons. The van der Waals surface area contributed by atoms with Crippen molar-refractivity contribution < 1.29 is 23.9 Å². The number of aryl methyl sites for hydroxylation is 1. The molecule has 3 heterocycles. The van der Waals surface area contributed by atoms with Gasteiger partial charge in [-0.1, -0.05) is 6.07 Å². The lowest BCUT2D eigenvalue weighted by molar-refractivity contribution is -0.447. The fourth-order valence-corrected chi connectivity index (χ4v) is 6.07. The van der Waals surface area contributed by atoms with Crippen LogP contribution in [-0.2, 0) is 11.2 Å². The maximum atomic E-state index is 14.4. The van der Waals surface area contributed by atoms with Crippen LogP contribution in [0.5, 0.6) is 0 Å². The molecule has 1 aromatic carbocycles.